The van der Waals surface area contributed by atoms with Gasteiger partial charge < -0.3 is 6.22 Å². The van der Waals surface area contributed by atoms with Gasteiger partial charge in [-0.2, -0.15) is 0 Å². The summed E-state index contributed by atoms with van der Waals surface area (Å²) >= 11 is 0. The molecule has 0 spiro atoms. The van der Waals surface area contributed by atoms with Crippen molar-refractivity contribution < 1.29 is 35.8 Å². The molecular formula is C10H13NaO. The molecule has 0 heterocycles. The Morgan fingerprint density at radius 1 is 1.33 bits per heavy atom. The van der Waals surface area contributed by atoms with Crippen LogP contribution in [0.5, 0.6) is 0 Å². The molecule has 1 rings (SSSR count). The summed E-state index contributed by atoms with van der Waals surface area (Å²) in [6, 6.07) is 10.1. The molecule has 1 aromatic carbocycles. The van der Waals surface area contributed by atoms with Crippen molar-refractivity contribution in [2.75, 3.05) is 0 Å². The second-order valence-corrected chi connectivity index (χ2v) is 2.69. The minimum atomic E-state index is 0. The largest absolute Gasteiger partial charge is 1.00 e. The first kappa shape index (κ1) is 11.9. The third-order valence-corrected chi connectivity index (χ3v) is 1.61. The molecule has 2 heteroatoms. The molecule has 0 N–H and O–H groups in total. The molecule has 0 aliphatic rings. The third-order valence-electron chi connectivity index (χ3n) is 1.61. The van der Waals surface area contributed by atoms with Crippen LogP contribution < -0.4 is 29.6 Å². The van der Waals surface area contributed by atoms with Crippen molar-refractivity contribution in [1.29, 1.82) is 0 Å². The summed E-state index contributed by atoms with van der Waals surface area (Å²) in [6.07, 6.45) is 1.53. The Morgan fingerprint density at radius 3 is 2.42 bits per heavy atom. The van der Waals surface area contributed by atoms with Gasteiger partial charge in [0.1, 0.15) is 5.78 Å². The molecule has 0 radical (unpaired) electrons. The zero-order valence-electron chi connectivity index (χ0n) is 8.71. The Morgan fingerprint density at radius 2 is 1.92 bits per heavy atom. The van der Waals surface area contributed by atoms with Crippen LogP contribution >= 0.6 is 0 Å². The molecule has 0 aliphatic heterocycles. The van der Waals surface area contributed by atoms with E-state index in [2.05, 4.69) is 0 Å². The van der Waals surface area contributed by atoms with Gasteiger partial charge in [-0.25, -0.2) is 0 Å². The molecule has 12 heavy (non-hydrogen) atoms. The van der Waals surface area contributed by atoms with Crippen molar-refractivity contribution >= 4 is 5.78 Å². The summed E-state index contributed by atoms with van der Waals surface area (Å²) in [5, 5.41) is 0. The topological polar surface area (TPSA) is 17.1 Å². The number of carbonyl (C=O) groups excluding carboxylic acids is 1. The molecule has 0 saturated carbocycles. The first-order chi connectivity index (χ1) is 5.29. The van der Waals surface area contributed by atoms with E-state index in [9.17, 15) is 4.79 Å². The number of hydrogen-bond acceptors (Lipinski definition) is 1. The van der Waals surface area contributed by atoms with E-state index >= 15 is 0 Å². The van der Waals surface area contributed by atoms with Crippen LogP contribution in [0.3, 0.4) is 0 Å². The predicted octanol–water partition coefficient (Wildman–Crippen LogP) is -0.675. The van der Waals surface area contributed by atoms with Crippen LogP contribution in [-0.2, 0) is 11.2 Å². The number of carbonyl (C=O) groups is 1. The van der Waals surface area contributed by atoms with E-state index in [0.29, 0.717) is 6.42 Å². The Balaban J connectivity index is 0. The number of rotatable bonds is 3. The van der Waals surface area contributed by atoms with Crippen molar-refractivity contribution in [1.82, 2.24) is 0 Å². The van der Waals surface area contributed by atoms with E-state index in [4.69, 9.17) is 0 Å². The van der Waals surface area contributed by atoms with Crippen molar-refractivity contribution in [2.45, 2.75) is 19.8 Å². The van der Waals surface area contributed by atoms with Gasteiger partial charge in [-0.1, -0.05) is 30.3 Å². The van der Waals surface area contributed by atoms with Crippen molar-refractivity contribution in [3.8, 4) is 0 Å². The van der Waals surface area contributed by atoms with Crippen LogP contribution in [-0.4, -0.2) is 5.78 Å². The van der Waals surface area contributed by atoms with Gasteiger partial charge in [0.25, 0.3) is 0 Å². The molecule has 0 amide bonds. The maximum atomic E-state index is 10.6. The van der Waals surface area contributed by atoms with Gasteiger partial charge in [-0.05, 0) is 18.9 Å². The normalized spacial score (nSPS) is 8.75. The van der Waals surface area contributed by atoms with E-state index in [-0.39, 0.29) is 36.8 Å². The van der Waals surface area contributed by atoms with Crippen LogP contribution in [0, 0.1) is 0 Å². The number of aryl methyl sites for hydroxylation is 1. The molecule has 0 aromatic heterocycles. The van der Waals surface area contributed by atoms with Gasteiger partial charge in [-0.15, -0.1) is 0 Å². The van der Waals surface area contributed by atoms with E-state index in [0.717, 1.165) is 6.42 Å². The Kier molecular flexibility index (Phi) is 6.35. The Labute approximate surface area is 97.0 Å². The summed E-state index contributed by atoms with van der Waals surface area (Å²) in [5.74, 6) is 0.258. The molecular weight excluding hydrogens is 159 g/mol. The summed E-state index contributed by atoms with van der Waals surface area (Å²) in [7, 11) is 0. The predicted molar refractivity (Wildman–Crippen MR) is 46.6 cm³/mol. The van der Waals surface area contributed by atoms with Crippen LogP contribution in [0.4, 0.5) is 0 Å². The molecule has 1 aromatic rings. The van der Waals surface area contributed by atoms with Crippen molar-refractivity contribution in [3.05, 3.63) is 35.9 Å². The number of ketones is 1. The number of hydrogen-bond donors (Lipinski definition) is 0. The minimum Gasteiger partial charge on any atom is -1.00 e. The SMILES string of the molecule is CC(=O)CCc1ccccc1.[H-].[Na+]. The summed E-state index contributed by atoms with van der Waals surface area (Å²) < 4.78 is 0. The Bertz CT molecular complexity index is 236. The van der Waals surface area contributed by atoms with Gasteiger partial charge in [0.05, 0.1) is 0 Å². The fraction of sp³-hybridized carbons (Fsp3) is 0.300. The van der Waals surface area contributed by atoms with E-state index in [1.165, 1.54) is 5.56 Å². The average molecular weight is 172 g/mol. The van der Waals surface area contributed by atoms with E-state index in [1.807, 2.05) is 30.3 Å². The molecule has 1 nitrogen and oxygen atoms in total. The maximum absolute atomic E-state index is 10.6. The van der Waals surface area contributed by atoms with Gasteiger partial charge in [0.15, 0.2) is 0 Å². The second-order valence-electron chi connectivity index (χ2n) is 2.69. The quantitative estimate of drug-likeness (QED) is 0.552. The standard InChI is InChI=1S/C10H12O.Na.H/c1-9(11)7-8-10-5-3-2-4-6-10;;/h2-6H,7-8H2,1H3;;/q;+1;-1. The van der Waals surface area contributed by atoms with Crippen LogP contribution in [0.25, 0.3) is 0 Å². The second kappa shape index (κ2) is 6.41. The number of benzene rings is 1. The van der Waals surface area contributed by atoms with E-state index in [1.54, 1.807) is 6.92 Å². The van der Waals surface area contributed by atoms with Crippen LogP contribution in [0.2, 0.25) is 0 Å². The van der Waals surface area contributed by atoms with Crippen LogP contribution in [0.1, 0.15) is 20.3 Å². The summed E-state index contributed by atoms with van der Waals surface area (Å²) in [5.41, 5.74) is 1.24. The molecule has 0 atom stereocenters. The first-order valence-electron chi connectivity index (χ1n) is 3.82. The molecule has 60 valence electrons. The van der Waals surface area contributed by atoms with E-state index < -0.39 is 0 Å². The molecule has 0 aliphatic carbocycles. The van der Waals surface area contributed by atoms with Gasteiger partial charge in [-0.3, -0.25) is 0 Å². The molecule has 0 fully saturated rings. The average Bonchev–Trinajstić information content (AvgIpc) is 2.03. The molecule has 0 unspecified atom stereocenters. The Hall–Kier alpha value is -0.110. The molecule has 0 bridgehead atoms. The molecule has 0 saturated heterocycles. The van der Waals surface area contributed by atoms with Crippen molar-refractivity contribution in [3.63, 3.8) is 0 Å². The third kappa shape index (κ3) is 4.70. The first-order valence-corrected chi connectivity index (χ1v) is 3.82. The van der Waals surface area contributed by atoms with Crippen molar-refractivity contribution in [2.24, 2.45) is 0 Å². The maximum Gasteiger partial charge on any atom is 1.00 e. The summed E-state index contributed by atoms with van der Waals surface area (Å²) in [6.45, 7) is 1.63. The zero-order chi connectivity index (χ0) is 8.10. The van der Waals surface area contributed by atoms with Crippen LogP contribution in [0.15, 0.2) is 30.3 Å². The zero-order valence-corrected chi connectivity index (χ0v) is 9.71. The smallest absolute Gasteiger partial charge is 1.00 e. The fourth-order valence-electron chi connectivity index (χ4n) is 0.965. The summed E-state index contributed by atoms with van der Waals surface area (Å²) in [4.78, 5) is 10.6. The minimum absolute atomic E-state index is 0. The monoisotopic (exact) mass is 172 g/mol. The van der Waals surface area contributed by atoms with Gasteiger partial charge >= 0.3 is 29.6 Å². The number of Topliss-reactive ketones (excluding diaryl/α,β-unsaturated/α-hetero) is 1. The van der Waals surface area contributed by atoms with Gasteiger partial charge in [0, 0.05) is 6.42 Å². The fourth-order valence-corrected chi connectivity index (χ4v) is 0.965. The van der Waals surface area contributed by atoms with Gasteiger partial charge in [0.2, 0.25) is 0 Å².